The Bertz CT molecular complexity index is 452. The van der Waals surface area contributed by atoms with Crippen LogP contribution < -0.4 is 0 Å². The van der Waals surface area contributed by atoms with Crippen LogP contribution in [0.5, 0.6) is 0 Å². The van der Waals surface area contributed by atoms with Crippen molar-refractivity contribution in [3.8, 4) is 0 Å². The molecule has 20 heavy (non-hydrogen) atoms. The lowest BCUT2D eigenvalue weighted by Crippen LogP contribution is -2.44. The highest BCUT2D eigenvalue weighted by molar-refractivity contribution is 6.30. The summed E-state index contributed by atoms with van der Waals surface area (Å²) in [5.74, 6) is -0.370. The molecule has 0 aromatic heterocycles. The second kappa shape index (κ2) is 7.04. The van der Waals surface area contributed by atoms with Gasteiger partial charge in [-0.25, -0.2) is 4.39 Å². The lowest BCUT2D eigenvalue weighted by Gasteiger charge is -2.37. The molecule has 1 saturated heterocycles. The van der Waals surface area contributed by atoms with Crippen LogP contribution in [0.25, 0.3) is 0 Å². The number of methoxy groups -OCH3 is 1. The van der Waals surface area contributed by atoms with Crippen LogP contribution in [-0.2, 0) is 9.53 Å². The fourth-order valence-corrected chi connectivity index (χ4v) is 2.97. The van der Waals surface area contributed by atoms with Gasteiger partial charge in [-0.05, 0) is 36.6 Å². The normalized spacial score (nSPS) is 23.6. The number of carbonyl (C=O) groups is 1. The molecule has 0 bridgehead atoms. The van der Waals surface area contributed by atoms with Crippen LogP contribution in [0, 0.1) is 5.92 Å². The lowest BCUT2D eigenvalue weighted by atomic mass is 9.80. The summed E-state index contributed by atoms with van der Waals surface area (Å²) in [5, 5.41) is 0.679. The predicted octanol–water partition coefficient (Wildman–Crippen LogP) is 2.89. The number of ether oxygens (including phenoxy) is 1. The summed E-state index contributed by atoms with van der Waals surface area (Å²) >= 11 is 5.90. The van der Waals surface area contributed by atoms with Crippen LogP contribution in [-0.4, -0.2) is 44.3 Å². The van der Waals surface area contributed by atoms with Crippen LogP contribution in [0.15, 0.2) is 24.3 Å². The average molecular weight is 300 g/mol. The van der Waals surface area contributed by atoms with E-state index >= 15 is 0 Å². The van der Waals surface area contributed by atoms with Gasteiger partial charge in [0.05, 0.1) is 13.0 Å². The number of rotatable bonds is 4. The molecule has 5 heteroatoms. The van der Waals surface area contributed by atoms with Crippen LogP contribution >= 0.6 is 11.6 Å². The van der Waals surface area contributed by atoms with E-state index in [-0.39, 0.29) is 24.5 Å². The van der Waals surface area contributed by atoms with Gasteiger partial charge in [-0.1, -0.05) is 23.7 Å². The van der Waals surface area contributed by atoms with Crippen LogP contribution in [0.4, 0.5) is 4.39 Å². The van der Waals surface area contributed by atoms with Gasteiger partial charge in [-0.15, -0.1) is 0 Å². The molecule has 0 N–H and O–H groups in total. The first-order chi connectivity index (χ1) is 9.65. The molecule has 110 valence electrons. The SMILES string of the molecule is COC(=O)C1CN(CCF)CCC1c1ccc(Cl)cc1. The molecule has 3 nitrogen and oxygen atoms in total. The van der Waals surface area contributed by atoms with E-state index < -0.39 is 0 Å². The molecule has 1 fully saturated rings. The first-order valence-electron chi connectivity index (χ1n) is 6.77. The minimum absolute atomic E-state index is 0.107. The summed E-state index contributed by atoms with van der Waals surface area (Å²) < 4.78 is 17.4. The fourth-order valence-electron chi connectivity index (χ4n) is 2.84. The van der Waals surface area contributed by atoms with Crippen molar-refractivity contribution in [1.82, 2.24) is 4.90 Å². The molecule has 1 aliphatic rings. The third-order valence-corrected chi connectivity index (χ3v) is 4.15. The second-order valence-corrected chi connectivity index (χ2v) is 5.50. The first-order valence-corrected chi connectivity index (χ1v) is 7.15. The predicted molar refractivity (Wildman–Crippen MR) is 76.7 cm³/mol. The van der Waals surface area contributed by atoms with Crippen molar-refractivity contribution in [3.05, 3.63) is 34.9 Å². The Balaban J connectivity index is 2.17. The number of hydrogen-bond donors (Lipinski definition) is 0. The molecule has 0 spiro atoms. The summed E-state index contributed by atoms with van der Waals surface area (Å²) in [6.07, 6.45) is 0.821. The Morgan fingerprint density at radius 2 is 2.15 bits per heavy atom. The number of halogens is 2. The molecule has 1 heterocycles. The van der Waals surface area contributed by atoms with Crippen LogP contribution in [0.1, 0.15) is 17.9 Å². The van der Waals surface area contributed by atoms with Gasteiger partial charge in [0.15, 0.2) is 0 Å². The maximum absolute atomic E-state index is 12.5. The van der Waals surface area contributed by atoms with Gasteiger partial charge in [0.2, 0.25) is 0 Å². The Morgan fingerprint density at radius 3 is 2.75 bits per heavy atom. The molecule has 2 atom stereocenters. The molecule has 0 saturated carbocycles. The highest BCUT2D eigenvalue weighted by Gasteiger charge is 2.35. The van der Waals surface area contributed by atoms with Crippen molar-refractivity contribution >= 4 is 17.6 Å². The summed E-state index contributed by atoms with van der Waals surface area (Å²) in [7, 11) is 1.40. The minimum atomic E-state index is -0.389. The lowest BCUT2D eigenvalue weighted by molar-refractivity contribution is -0.148. The number of nitrogens with zero attached hydrogens (tertiary/aromatic N) is 1. The largest absolute Gasteiger partial charge is 0.469 e. The van der Waals surface area contributed by atoms with Crippen molar-refractivity contribution in [1.29, 1.82) is 0 Å². The average Bonchev–Trinajstić information content (AvgIpc) is 2.48. The summed E-state index contributed by atoms with van der Waals surface area (Å²) in [5.41, 5.74) is 1.09. The van der Waals surface area contributed by atoms with E-state index in [1.165, 1.54) is 7.11 Å². The van der Waals surface area contributed by atoms with Gasteiger partial charge in [-0.2, -0.15) is 0 Å². The highest BCUT2D eigenvalue weighted by Crippen LogP contribution is 2.34. The van der Waals surface area contributed by atoms with Gasteiger partial charge in [-0.3, -0.25) is 9.69 Å². The standard InChI is InChI=1S/C15H19ClFNO2/c1-20-15(19)14-10-18(9-7-17)8-6-13(14)11-2-4-12(16)5-3-11/h2-5,13-14H,6-10H2,1H3. The van der Waals surface area contributed by atoms with E-state index in [4.69, 9.17) is 16.3 Å². The van der Waals surface area contributed by atoms with Gasteiger partial charge in [0.1, 0.15) is 6.67 Å². The Morgan fingerprint density at radius 1 is 1.45 bits per heavy atom. The number of esters is 1. The Labute approximate surface area is 123 Å². The zero-order chi connectivity index (χ0) is 14.5. The molecule has 0 aliphatic carbocycles. The molecule has 1 aromatic rings. The van der Waals surface area contributed by atoms with Crippen molar-refractivity contribution < 1.29 is 13.9 Å². The van der Waals surface area contributed by atoms with Gasteiger partial charge >= 0.3 is 5.97 Å². The molecule has 2 rings (SSSR count). The number of carbonyl (C=O) groups excluding carboxylic acids is 1. The highest BCUT2D eigenvalue weighted by atomic mass is 35.5. The molecule has 0 radical (unpaired) electrons. The van der Waals surface area contributed by atoms with Crippen molar-refractivity contribution in [2.75, 3.05) is 33.4 Å². The van der Waals surface area contributed by atoms with Crippen LogP contribution in [0.2, 0.25) is 5.02 Å². The summed E-state index contributed by atoms with van der Waals surface area (Å²) in [6.45, 7) is 1.33. The quantitative estimate of drug-likeness (QED) is 0.801. The minimum Gasteiger partial charge on any atom is -0.469 e. The molecule has 2 unspecified atom stereocenters. The molecular weight excluding hydrogens is 281 g/mol. The smallest absolute Gasteiger partial charge is 0.310 e. The topological polar surface area (TPSA) is 29.5 Å². The second-order valence-electron chi connectivity index (χ2n) is 5.07. The van der Waals surface area contributed by atoms with E-state index in [2.05, 4.69) is 0 Å². The van der Waals surface area contributed by atoms with E-state index in [0.29, 0.717) is 18.1 Å². The third-order valence-electron chi connectivity index (χ3n) is 3.90. The fraction of sp³-hybridized carbons (Fsp3) is 0.533. The Kier molecular flexibility index (Phi) is 5.38. The zero-order valence-corrected chi connectivity index (χ0v) is 12.3. The van der Waals surface area contributed by atoms with Crippen LogP contribution in [0.3, 0.4) is 0 Å². The van der Waals surface area contributed by atoms with Gasteiger partial charge in [0.25, 0.3) is 0 Å². The zero-order valence-electron chi connectivity index (χ0n) is 11.5. The summed E-state index contributed by atoms with van der Waals surface area (Å²) in [4.78, 5) is 14.0. The molecule has 0 amide bonds. The Hall–Kier alpha value is -1.13. The molecule has 1 aromatic carbocycles. The monoisotopic (exact) mass is 299 g/mol. The number of benzene rings is 1. The van der Waals surface area contributed by atoms with Crippen molar-refractivity contribution in [3.63, 3.8) is 0 Å². The molecule has 1 aliphatic heterocycles. The number of piperidine rings is 1. The maximum Gasteiger partial charge on any atom is 0.310 e. The van der Waals surface area contributed by atoms with Crippen molar-refractivity contribution in [2.45, 2.75) is 12.3 Å². The summed E-state index contributed by atoms with van der Waals surface area (Å²) in [6, 6.07) is 7.57. The third kappa shape index (κ3) is 3.49. The van der Waals surface area contributed by atoms with Crippen molar-refractivity contribution in [2.24, 2.45) is 5.92 Å². The van der Waals surface area contributed by atoms with Gasteiger partial charge < -0.3 is 4.74 Å². The number of hydrogen-bond acceptors (Lipinski definition) is 3. The van der Waals surface area contributed by atoms with E-state index in [1.807, 2.05) is 29.2 Å². The number of alkyl halides is 1. The first kappa shape index (κ1) is 15.3. The van der Waals surface area contributed by atoms with E-state index in [1.54, 1.807) is 0 Å². The molecular formula is C15H19ClFNO2. The van der Waals surface area contributed by atoms with E-state index in [0.717, 1.165) is 18.5 Å². The van der Waals surface area contributed by atoms with E-state index in [9.17, 15) is 9.18 Å². The van der Waals surface area contributed by atoms with Gasteiger partial charge in [0, 0.05) is 18.1 Å². The number of likely N-dealkylation sites (tertiary alicyclic amines) is 1. The maximum atomic E-state index is 12.5.